The number of hydrogen-bond donors (Lipinski definition) is 3. The number of nitrogen functional groups attached to an aromatic ring is 2. The molecule has 0 aliphatic heterocycles. The van der Waals surface area contributed by atoms with Gasteiger partial charge in [0, 0.05) is 0 Å². The van der Waals surface area contributed by atoms with Gasteiger partial charge in [0.25, 0.3) is 11.7 Å². The minimum Gasteiger partial charge on any atom is -0.467 e. The second kappa shape index (κ2) is 14.8. The van der Waals surface area contributed by atoms with E-state index in [0.29, 0.717) is 6.54 Å². The van der Waals surface area contributed by atoms with Gasteiger partial charge in [0.2, 0.25) is 0 Å². The molecule has 1 aromatic carbocycles. The van der Waals surface area contributed by atoms with Gasteiger partial charge in [-0.25, -0.2) is 23.9 Å². The number of benzene rings is 1. The molecule has 0 radical (unpaired) electrons. The molecule has 36 heavy (non-hydrogen) atoms. The number of aromatic nitrogens is 4. The van der Waals surface area contributed by atoms with Crippen LogP contribution < -0.4 is 21.4 Å². The number of nitrogens with zero attached hydrogens (tertiary/aromatic N) is 4. The summed E-state index contributed by atoms with van der Waals surface area (Å²) < 4.78 is 14.0. The Kier molecular flexibility index (Phi) is 12.6. The standard InChI is InChI=1S/C20H24ClN7O4.2C2H6/c1-4-28-13-7-11(9-32-10-15(29)31-3)5-6-12(13)27(2)14(28)8-24-20(30)16-18(22)26-19(23)17(21)25-16;2*1-2/h5-7H,4,8-10H2,1-3H3,(H4-,22,23,24,26,30);2*1-2H3/p+1. The molecule has 198 valence electrons. The maximum atomic E-state index is 12.6. The van der Waals surface area contributed by atoms with Crippen molar-refractivity contribution in [2.45, 2.75) is 54.3 Å². The lowest BCUT2D eigenvalue weighted by Gasteiger charge is -2.07. The van der Waals surface area contributed by atoms with Crippen molar-refractivity contribution >= 4 is 46.1 Å². The molecule has 1 amide bonds. The largest absolute Gasteiger partial charge is 0.467 e. The van der Waals surface area contributed by atoms with E-state index >= 15 is 0 Å². The number of nitrogens with one attached hydrogen (secondary N) is 1. The maximum Gasteiger partial charge on any atom is 0.331 e. The number of hydrogen-bond acceptors (Lipinski definition) is 8. The average molecular weight is 523 g/mol. The van der Waals surface area contributed by atoms with Gasteiger partial charge in [-0.1, -0.05) is 45.4 Å². The molecular weight excluding hydrogens is 486 g/mol. The number of methoxy groups -OCH3 is 1. The molecule has 0 saturated heterocycles. The third kappa shape index (κ3) is 7.28. The van der Waals surface area contributed by atoms with Crippen LogP contribution in [0.4, 0.5) is 11.6 Å². The van der Waals surface area contributed by atoms with Crippen molar-refractivity contribution in [2.75, 3.05) is 25.2 Å². The SMILES string of the molecule is CC.CC.CCn1c(CNC(=O)c2nc(Cl)c(N)nc2N)[n+](C)c2ccc(COCC(=O)OC)cc21. The number of anilines is 2. The maximum absolute atomic E-state index is 12.6. The lowest BCUT2D eigenvalue weighted by Crippen LogP contribution is -2.38. The van der Waals surface area contributed by atoms with E-state index in [1.54, 1.807) is 0 Å². The zero-order valence-electron chi connectivity index (χ0n) is 22.0. The number of nitrogens with two attached hydrogens (primary N) is 2. The molecule has 0 aliphatic rings. The van der Waals surface area contributed by atoms with Crippen molar-refractivity contribution in [1.29, 1.82) is 0 Å². The van der Waals surface area contributed by atoms with Crippen molar-refractivity contribution in [3.63, 3.8) is 0 Å². The fourth-order valence-corrected chi connectivity index (χ4v) is 3.47. The van der Waals surface area contributed by atoms with Gasteiger partial charge in [-0.15, -0.1) is 0 Å². The van der Waals surface area contributed by atoms with E-state index in [1.165, 1.54) is 7.11 Å². The average Bonchev–Trinajstić information content (AvgIpc) is 3.16. The minimum absolute atomic E-state index is 0.0374. The number of carbonyl (C=O) groups excluding carboxylic acids is 2. The van der Waals surface area contributed by atoms with E-state index in [9.17, 15) is 9.59 Å². The number of fused-ring (bicyclic) bond motifs is 1. The molecule has 2 aromatic heterocycles. The normalized spacial score (nSPS) is 10.1. The predicted molar refractivity (Wildman–Crippen MR) is 140 cm³/mol. The molecule has 0 atom stereocenters. The van der Waals surface area contributed by atoms with Crippen LogP contribution in [0.15, 0.2) is 18.2 Å². The van der Waals surface area contributed by atoms with Crippen molar-refractivity contribution in [1.82, 2.24) is 19.9 Å². The summed E-state index contributed by atoms with van der Waals surface area (Å²) >= 11 is 5.87. The predicted octanol–water partition coefficient (Wildman–Crippen LogP) is 2.77. The molecule has 0 fully saturated rings. The molecule has 11 nitrogen and oxygen atoms in total. The van der Waals surface area contributed by atoms with Crippen LogP contribution in [0.1, 0.15) is 56.5 Å². The first-order chi connectivity index (χ1) is 17.3. The molecule has 12 heteroatoms. The number of carbonyl (C=O) groups is 2. The van der Waals surface area contributed by atoms with Gasteiger partial charge in [-0.2, -0.15) is 0 Å². The van der Waals surface area contributed by atoms with Crippen molar-refractivity contribution in [2.24, 2.45) is 7.05 Å². The fourth-order valence-electron chi connectivity index (χ4n) is 3.35. The first kappa shape index (κ1) is 30.6. The van der Waals surface area contributed by atoms with E-state index in [-0.39, 0.29) is 42.2 Å². The number of amides is 1. The van der Waals surface area contributed by atoms with Gasteiger partial charge in [0.05, 0.1) is 27.3 Å². The minimum atomic E-state index is -0.512. The molecule has 0 aliphatic carbocycles. The monoisotopic (exact) mass is 522 g/mol. The highest BCUT2D eigenvalue weighted by Crippen LogP contribution is 2.19. The third-order valence-corrected chi connectivity index (χ3v) is 5.23. The van der Waals surface area contributed by atoms with Crippen LogP contribution in [0.5, 0.6) is 0 Å². The van der Waals surface area contributed by atoms with E-state index in [0.717, 1.165) is 22.4 Å². The van der Waals surface area contributed by atoms with Crippen LogP contribution in [0.2, 0.25) is 5.15 Å². The zero-order chi connectivity index (χ0) is 27.4. The smallest absolute Gasteiger partial charge is 0.331 e. The van der Waals surface area contributed by atoms with Crippen LogP contribution in [0, 0.1) is 0 Å². The summed E-state index contributed by atoms with van der Waals surface area (Å²) in [7, 11) is 3.23. The van der Waals surface area contributed by atoms with Crippen LogP contribution in [-0.4, -0.2) is 40.1 Å². The summed E-state index contributed by atoms with van der Waals surface area (Å²) in [6.45, 7) is 11.1. The Bertz CT molecular complexity index is 1180. The summed E-state index contributed by atoms with van der Waals surface area (Å²) in [5.41, 5.74) is 14.1. The Morgan fingerprint density at radius 3 is 2.42 bits per heavy atom. The van der Waals surface area contributed by atoms with E-state index < -0.39 is 11.9 Å². The Labute approximate surface area is 216 Å². The molecule has 0 spiro atoms. The zero-order valence-corrected chi connectivity index (χ0v) is 22.8. The highest BCUT2D eigenvalue weighted by Gasteiger charge is 2.24. The topological polar surface area (TPSA) is 151 Å². The van der Waals surface area contributed by atoms with Crippen molar-refractivity contribution < 1.29 is 23.6 Å². The van der Waals surface area contributed by atoms with Crippen LogP contribution in [0.3, 0.4) is 0 Å². The number of ether oxygens (including phenoxy) is 2. The van der Waals surface area contributed by atoms with Crippen LogP contribution in [0.25, 0.3) is 11.0 Å². The molecule has 0 bridgehead atoms. The van der Waals surface area contributed by atoms with Crippen LogP contribution in [-0.2, 0) is 41.0 Å². The summed E-state index contributed by atoms with van der Waals surface area (Å²) in [5.74, 6) is -0.218. The molecule has 0 saturated carbocycles. The van der Waals surface area contributed by atoms with E-state index in [4.69, 9.17) is 27.8 Å². The van der Waals surface area contributed by atoms with Gasteiger partial charge in [0.1, 0.15) is 13.2 Å². The molecule has 5 N–H and O–H groups in total. The molecule has 0 unspecified atom stereocenters. The molecule has 2 heterocycles. The van der Waals surface area contributed by atoms with E-state index in [2.05, 4.69) is 24.6 Å². The van der Waals surface area contributed by atoms with Crippen molar-refractivity contribution in [3.8, 4) is 0 Å². The second-order valence-electron chi connectivity index (χ2n) is 6.93. The Morgan fingerprint density at radius 1 is 1.14 bits per heavy atom. The second-order valence-corrected chi connectivity index (χ2v) is 7.29. The Balaban J connectivity index is 0.00000154. The lowest BCUT2D eigenvalue weighted by molar-refractivity contribution is -0.654. The number of imidazole rings is 1. The van der Waals surface area contributed by atoms with Gasteiger partial charge < -0.3 is 26.3 Å². The van der Waals surface area contributed by atoms with Gasteiger partial charge >= 0.3 is 5.97 Å². The summed E-state index contributed by atoms with van der Waals surface area (Å²) in [4.78, 5) is 31.6. The summed E-state index contributed by atoms with van der Waals surface area (Å²) in [5, 5.41) is 2.72. The third-order valence-electron chi connectivity index (χ3n) is 4.95. The number of rotatable bonds is 8. The first-order valence-electron chi connectivity index (χ1n) is 11.8. The fraction of sp³-hybridized carbons (Fsp3) is 0.458. The highest BCUT2D eigenvalue weighted by molar-refractivity contribution is 6.31. The molecule has 3 rings (SSSR count). The number of esters is 1. The van der Waals surface area contributed by atoms with Crippen LogP contribution >= 0.6 is 11.6 Å². The summed E-state index contributed by atoms with van der Waals surface area (Å²) in [6.07, 6.45) is 0. The lowest BCUT2D eigenvalue weighted by atomic mass is 10.2. The Hall–Kier alpha value is -3.44. The summed E-state index contributed by atoms with van der Waals surface area (Å²) in [6, 6.07) is 5.88. The number of aryl methyl sites for hydroxylation is 2. The van der Waals surface area contributed by atoms with Gasteiger partial charge in [0.15, 0.2) is 33.5 Å². The van der Waals surface area contributed by atoms with Gasteiger partial charge in [-0.3, -0.25) is 4.79 Å². The van der Waals surface area contributed by atoms with Gasteiger partial charge in [-0.05, 0) is 24.6 Å². The number of halogens is 1. The first-order valence-corrected chi connectivity index (χ1v) is 12.2. The highest BCUT2D eigenvalue weighted by atomic mass is 35.5. The van der Waals surface area contributed by atoms with Crippen molar-refractivity contribution in [3.05, 3.63) is 40.4 Å². The Morgan fingerprint density at radius 2 is 1.81 bits per heavy atom. The quantitative estimate of drug-likeness (QED) is 0.301. The van der Waals surface area contributed by atoms with E-state index in [1.807, 2.05) is 64.4 Å². The molecular formula is C24H37ClN7O4+. The molecule has 3 aromatic rings.